The van der Waals surface area contributed by atoms with Crippen LogP contribution in [0.1, 0.15) is 16.7 Å². The minimum Gasteiger partial charge on any atom is -0.457 e. The maximum atomic E-state index is 12.8. The van der Waals surface area contributed by atoms with Crippen molar-refractivity contribution in [1.82, 2.24) is 0 Å². The van der Waals surface area contributed by atoms with E-state index in [0.717, 1.165) is 12.1 Å². The van der Waals surface area contributed by atoms with E-state index in [1.165, 1.54) is 24.3 Å². The Hall–Kier alpha value is -1.79. The van der Waals surface area contributed by atoms with Gasteiger partial charge in [0, 0.05) is 0 Å². The quantitative estimate of drug-likeness (QED) is 0.787. The van der Waals surface area contributed by atoms with E-state index in [1.807, 2.05) is 0 Å². The molecule has 0 radical (unpaired) electrons. The van der Waals surface area contributed by atoms with Crippen LogP contribution in [0.3, 0.4) is 0 Å². The topological polar surface area (TPSA) is 29.5 Å². The highest BCUT2D eigenvalue weighted by molar-refractivity contribution is 6.31. The predicted molar refractivity (Wildman–Crippen MR) is 73.7 cm³/mol. The van der Waals surface area contributed by atoms with Crippen LogP contribution >= 0.6 is 11.6 Å². The first-order valence-electron chi connectivity index (χ1n) is 6.18. The fourth-order valence-electron chi connectivity index (χ4n) is 1.87. The van der Waals surface area contributed by atoms with Crippen molar-refractivity contribution in [2.24, 2.45) is 0 Å². The van der Waals surface area contributed by atoms with Crippen LogP contribution in [0, 0.1) is 0 Å². The molecule has 2 aromatic carbocycles. The summed E-state index contributed by atoms with van der Waals surface area (Å²) in [6.07, 6.45) is -4.60. The zero-order chi connectivity index (χ0) is 16.3. The SMILES string of the molecule is OCc1ccc(Oc2ccc(Cl)c(C(F)(F)F)c2)cc1CF. The first-order chi connectivity index (χ1) is 10.3. The summed E-state index contributed by atoms with van der Waals surface area (Å²) in [5.41, 5.74) is -0.406. The number of benzene rings is 2. The summed E-state index contributed by atoms with van der Waals surface area (Å²) < 4.78 is 56.4. The first-order valence-corrected chi connectivity index (χ1v) is 6.56. The highest BCUT2D eigenvalue weighted by atomic mass is 35.5. The van der Waals surface area contributed by atoms with Crippen LogP contribution in [-0.2, 0) is 19.5 Å². The lowest BCUT2D eigenvalue weighted by molar-refractivity contribution is -0.137. The van der Waals surface area contributed by atoms with Gasteiger partial charge in [-0.25, -0.2) is 4.39 Å². The molecule has 0 heterocycles. The van der Waals surface area contributed by atoms with Gasteiger partial charge in [0.05, 0.1) is 17.2 Å². The van der Waals surface area contributed by atoms with Crippen LogP contribution in [-0.4, -0.2) is 5.11 Å². The van der Waals surface area contributed by atoms with Crippen molar-refractivity contribution in [3.63, 3.8) is 0 Å². The third kappa shape index (κ3) is 3.69. The van der Waals surface area contributed by atoms with E-state index in [1.54, 1.807) is 0 Å². The summed E-state index contributed by atoms with van der Waals surface area (Å²) in [6, 6.07) is 7.35. The van der Waals surface area contributed by atoms with Crippen molar-refractivity contribution in [3.8, 4) is 11.5 Å². The minimum atomic E-state index is -4.60. The van der Waals surface area contributed by atoms with Crippen molar-refractivity contribution in [2.45, 2.75) is 19.5 Å². The van der Waals surface area contributed by atoms with Gasteiger partial charge in [-0.1, -0.05) is 17.7 Å². The third-order valence-electron chi connectivity index (χ3n) is 2.97. The molecule has 0 saturated heterocycles. The smallest absolute Gasteiger partial charge is 0.417 e. The molecular weight excluding hydrogens is 324 g/mol. The highest BCUT2D eigenvalue weighted by Gasteiger charge is 2.33. The Morgan fingerprint density at radius 2 is 1.64 bits per heavy atom. The fraction of sp³-hybridized carbons (Fsp3) is 0.200. The molecule has 0 aliphatic carbocycles. The molecular formula is C15H11ClF4O2. The molecule has 2 rings (SSSR count). The summed E-state index contributed by atoms with van der Waals surface area (Å²) in [7, 11) is 0. The van der Waals surface area contributed by atoms with Gasteiger partial charge in [0.15, 0.2) is 0 Å². The molecule has 7 heteroatoms. The lowest BCUT2D eigenvalue weighted by Gasteiger charge is -2.13. The summed E-state index contributed by atoms with van der Waals surface area (Å²) in [5.74, 6) is 0.0959. The molecule has 2 aromatic rings. The van der Waals surface area contributed by atoms with E-state index in [-0.39, 0.29) is 23.7 Å². The molecule has 0 amide bonds. The normalized spacial score (nSPS) is 11.5. The number of aliphatic hydroxyl groups excluding tert-OH is 1. The number of ether oxygens (including phenoxy) is 1. The van der Waals surface area contributed by atoms with Crippen molar-refractivity contribution in [3.05, 3.63) is 58.1 Å². The van der Waals surface area contributed by atoms with E-state index in [0.29, 0.717) is 5.56 Å². The average molecular weight is 335 g/mol. The monoisotopic (exact) mass is 334 g/mol. The van der Waals surface area contributed by atoms with Crippen molar-refractivity contribution in [1.29, 1.82) is 0 Å². The average Bonchev–Trinajstić information content (AvgIpc) is 2.48. The van der Waals surface area contributed by atoms with E-state index in [9.17, 15) is 17.6 Å². The molecule has 0 bridgehead atoms. The Morgan fingerprint density at radius 1 is 1.00 bits per heavy atom. The molecule has 0 atom stereocenters. The zero-order valence-corrected chi connectivity index (χ0v) is 11.9. The summed E-state index contributed by atoms with van der Waals surface area (Å²) in [6.45, 7) is -1.15. The van der Waals surface area contributed by atoms with Crippen LogP contribution in [0.2, 0.25) is 5.02 Å². The van der Waals surface area contributed by atoms with Crippen LogP contribution in [0.4, 0.5) is 17.6 Å². The predicted octanol–water partition coefficient (Wildman–Crippen LogP) is 5.11. The van der Waals surface area contributed by atoms with Crippen LogP contribution < -0.4 is 4.74 Å². The van der Waals surface area contributed by atoms with Gasteiger partial charge in [-0.15, -0.1) is 0 Å². The van der Waals surface area contributed by atoms with Gasteiger partial charge in [0.1, 0.15) is 18.2 Å². The molecule has 2 nitrogen and oxygen atoms in total. The summed E-state index contributed by atoms with van der Waals surface area (Å²) >= 11 is 5.52. The summed E-state index contributed by atoms with van der Waals surface area (Å²) in [4.78, 5) is 0. The largest absolute Gasteiger partial charge is 0.457 e. The Balaban J connectivity index is 2.31. The lowest BCUT2D eigenvalue weighted by atomic mass is 10.1. The Morgan fingerprint density at radius 3 is 2.23 bits per heavy atom. The second-order valence-electron chi connectivity index (χ2n) is 4.46. The Kier molecular flexibility index (Phi) is 4.93. The van der Waals surface area contributed by atoms with E-state index < -0.39 is 23.4 Å². The maximum absolute atomic E-state index is 12.8. The number of alkyl halides is 4. The molecule has 0 aliphatic heterocycles. The fourth-order valence-corrected chi connectivity index (χ4v) is 2.09. The molecule has 118 valence electrons. The molecule has 0 fully saturated rings. The molecule has 0 aliphatic rings. The standard InChI is InChI=1S/C15H11ClF4O2/c16-14-4-3-12(6-13(14)15(18,19)20)22-11-2-1-9(8-21)10(5-11)7-17/h1-6,21H,7-8H2. The second-order valence-corrected chi connectivity index (χ2v) is 4.87. The van der Waals surface area contributed by atoms with E-state index in [2.05, 4.69) is 0 Å². The zero-order valence-electron chi connectivity index (χ0n) is 11.1. The van der Waals surface area contributed by atoms with Crippen molar-refractivity contribution < 1.29 is 27.4 Å². The molecule has 1 N–H and O–H groups in total. The number of hydrogen-bond donors (Lipinski definition) is 1. The lowest BCUT2D eigenvalue weighted by Crippen LogP contribution is -2.06. The molecule has 0 spiro atoms. The van der Waals surface area contributed by atoms with Crippen molar-refractivity contribution >= 4 is 11.6 Å². The maximum Gasteiger partial charge on any atom is 0.417 e. The molecule has 0 saturated carbocycles. The van der Waals surface area contributed by atoms with Crippen LogP contribution in [0.25, 0.3) is 0 Å². The van der Waals surface area contributed by atoms with Gasteiger partial charge in [-0.3, -0.25) is 0 Å². The van der Waals surface area contributed by atoms with Crippen LogP contribution in [0.15, 0.2) is 36.4 Å². The van der Waals surface area contributed by atoms with Gasteiger partial charge < -0.3 is 9.84 Å². The number of hydrogen-bond acceptors (Lipinski definition) is 2. The number of rotatable bonds is 4. The Labute approximate surface area is 128 Å². The van der Waals surface area contributed by atoms with Gasteiger partial charge in [-0.05, 0) is 41.5 Å². The third-order valence-corrected chi connectivity index (χ3v) is 3.30. The molecule has 22 heavy (non-hydrogen) atoms. The highest BCUT2D eigenvalue weighted by Crippen LogP contribution is 2.37. The Bertz CT molecular complexity index is 671. The van der Waals surface area contributed by atoms with Gasteiger partial charge >= 0.3 is 6.18 Å². The molecule has 0 unspecified atom stereocenters. The number of aliphatic hydroxyl groups is 1. The van der Waals surface area contributed by atoms with E-state index in [4.69, 9.17) is 21.4 Å². The first kappa shape index (κ1) is 16.6. The number of halogens is 5. The summed E-state index contributed by atoms with van der Waals surface area (Å²) in [5, 5.41) is 8.61. The van der Waals surface area contributed by atoms with Gasteiger partial charge in [-0.2, -0.15) is 13.2 Å². The molecule has 0 aromatic heterocycles. The van der Waals surface area contributed by atoms with E-state index >= 15 is 0 Å². The second kappa shape index (κ2) is 6.54. The van der Waals surface area contributed by atoms with Crippen molar-refractivity contribution in [2.75, 3.05) is 0 Å². The van der Waals surface area contributed by atoms with Gasteiger partial charge in [0.25, 0.3) is 0 Å². The minimum absolute atomic E-state index is 0.0710. The van der Waals surface area contributed by atoms with Crippen LogP contribution in [0.5, 0.6) is 11.5 Å². The van der Waals surface area contributed by atoms with Gasteiger partial charge in [0.2, 0.25) is 0 Å².